The smallest absolute Gasteiger partial charge is 0.302 e. The largest absolute Gasteiger partial charge is 0.319 e. The van der Waals surface area contributed by atoms with Crippen molar-refractivity contribution < 1.29 is 8.42 Å². The first-order valence-corrected chi connectivity index (χ1v) is 8.37. The number of hydrogen-bond donors (Lipinski definition) is 2. The van der Waals surface area contributed by atoms with Gasteiger partial charge < -0.3 is 5.32 Å². The van der Waals surface area contributed by atoms with Crippen LogP contribution in [0.4, 0.5) is 5.82 Å². The van der Waals surface area contributed by atoms with Gasteiger partial charge in [-0.1, -0.05) is 11.6 Å². The molecule has 20 heavy (non-hydrogen) atoms. The summed E-state index contributed by atoms with van der Waals surface area (Å²) < 4.78 is 28.4. The standard InChI is InChI=1S/C12H19ClN4O2S/c1-14-9-10-4-7-17(8-5-10)20(18,19)16-12-11(13)3-2-6-15-12/h2-3,6,10,14H,4-5,7-9H2,1H3,(H,15,16). The van der Waals surface area contributed by atoms with E-state index in [1.807, 2.05) is 7.05 Å². The van der Waals surface area contributed by atoms with Gasteiger partial charge in [-0.25, -0.2) is 4.98 Å². The molecule has 1 aliphatic heterocycles. The van der Waals surface area contributed by atoms with Crippen molar-refractivity contribution in [3.8, 4) is 0 Å². The highest BCUT2D eigenvalue weighted by molar-refractivity contribution is 7.90. The second-order valence-corrected chi connectivity index (χ2v) is 6.92. The van der Waals surface area contributed by atoms with Crippen molar-refractivity contribution in [1.29, 1.82) is 0 Å². The van der Waals surface area contributed by atoms with Crippen LogP contribution in [-0.2, 0) is 10.2 Å². The third-order valence-corrected chi connectivity index (χ3v) is 5.19. The number of rotatable bonds is 5. The van der Waals surface area contributed by atoms with Gasteiger partial charge in [-0.3, -0.25) is 4.72 Å². The topological polar surface area (TPSA) is 74.3 Å². The van der Waals surface area contributed by atoms with Gasteiger partial charge in [0.15, 0.2) is 5.82 Å². The second-order valence-electron chi connectivity index (χ2n) is 4.84. The van der Waals surface area contributed by atoms with Crippen LogP contribution < -0.4 is 10.0 Å². The molecule has 0 unspecified atom stereocenters. The van der Waals surface area contributed by atoms with E-state index in [2.05, 4.69) is 15.0 Å². The van der Waals surface area contributed by atoms with E-state index >= 15 is 0 Å². The molecular formula is C12H19ClN4O2S. The number of anilines is 1. The normalized spacial score (nSPS) is 18.1. The summed E-state index contributed by atoms with van der Waals surface area (Å²) in [4.78, 5) is 3.94. The van der Waals surface area contributed by atoms with Crippen LogP contribution in [0.5, 0.6) is 0 Å². The number of nitrogens with one attached hydrogen (secondary N) is 2. The van der Waals surface area contributed by atoms with Gasteiger partial charge in [-0.15, -0.1) is 0 Å². The average molecular weight is 319 g/mol. The van der Waals surface area contributed by atoms with E-state index in [4.69, 9.17) is 11.6 Å². The third kappa shape index (κ3) is 3.82. The molecule has 0 spiro atoms. The molecule has 2 heterocycles. The van der Waals surface area contributed by atoms with Gasteiger partial charge in [-0.05, 0) is 44.5 Å². The SMILES string of the molecule is CNCC1CCN(S(=O)(=O)Nc2ncccc2Cl)CC1. The molecule has 0 atom stereocenters. The summed E-state index contributed by atoms with van der Waals surface area (Å²) in [5.41, 5.74) is 0. The van der Waals surface area contributed by atoms with Crippen LogP contribution in [0.3, 0.4) is 0 Å². The molecule has 112 valence electrons. The van der Waals surface area contributed by atoms with Crippen molar-refractivity contribution in [3.05, 3.63) is 23.4 Å². The zero-order chi connectivity index (χ0) is 14.6. The van der Waals surface area contributed by atoms with Gasteiger partial charge in [0.2, 0.25) is 0 Å². The predicted octanol–water partition coefficient (Wildman–Crippen LogP) is 1.32. The maximum Gasteiger partial charge on any atom is 0.302 e. The lowest BCUT2D eigenvalue weighted by atomic mass is 9.98. The van der Waals surface area contributed by atoms with Crippen LogP contribution in [0.25, 0.3) is 0 Å². The number of halogens is 1. The summed E-state index contributed by atoms with van der Waals surface area (Å²) in [6.45, 7) is 1.96. The molecule has 1 aromatic heterocycles. The minimum Gasteiger partial charge on any atom is -0.319 e. The van der Waals surface area contributed by atoms with Gasteiger partial charge in [0.1, 0.15) is 0 Å². The molecule has 2 N–H and O–H groups in total. The monoisotopic (exact) mass is 318 g/mol. The van der Waals surface area contributed by atoms with Gasteiger partial charge >= 0.3 is 10.2 Å². The van der Waals surface area contributed by atoms with Crippen molar-refractivity contribution in [2.24, 2.45) is 5.92 Å². The Labute approximate surface area is 124 Å². The van der Waals surface area contributed by atoms with Crippen molar-refractivity contribution in [1.82, 2.24) is 14.6 Å². The Balaban J connectivity index is 2.00. The minimum absolute atomic E-state index is 0.173. The van der Waals surface area contributed by atoms with Crippen molar-refractivity contribution in [2.45, 2.75) is 12.8 Å². The van der Waals surface area contributed by atoms with Crippen LogP contribution in [0, 0.1) is 5.92 Å². The average Bonchev–Trinajstić information content (AvgIpc) is 2.42. The van der Waals surface area contributed by atoms with E-state index in [0.29, 0.717) is 24.0 Å². The van der Waals surface area contributed by atoms with E-state index in [1.54, 1.807) is 12.1 Å². The number of aromatic nitrogens is 1. The Morgan fingerprint density at radius 2 is 2.15 bits per heavy atom. The number of nitrogens with zero attached hydrogens (tertiary/aromatic N) is 2. The number of hydrogen-bond acceptors (Lipinski definition) is 4. The molecule has 0 aromatic carbocycles. The summed E-state index contributed by atoms with van der Waals surface area (Å²) in [6.07, 6.45) is 3.22. The van der Waals surface area contributed by atoms with E-state index < -0.39 is 10.2 Å². The van der Waals surface area contributed by atoms with E-state index in [9.17, 15) is 8.42 Å². The first-order chi connectivity index (χ1) is 9.53. The molecule has 1 saturated heterocycles. The number of piperidine rings is 1. The minimum atomic E-state index is -3.58. The van der Waals surface area contributed by atoms with E-state index in [0.717, 1.165) is 19.4 Å². The Bertz CT molecular complexity index is 544. The lowest BCUT2D eigenvalue weighted by molar-refractivity contribution is 0.272. The quantitative estimate of drug-likeness (QED) is 0.859. The van der Waals surface area contributed by atoms with Gasteiger partial charge in [0, 0.05) is 19.3 Å². The molecule has 6 nitrogen and oxygen atoms in total. The fourth-order valence-electron chi connectivity index (χ4n) is 2.29. The molecule has 0 aliphatic carbocycles. The summed E-state index contributed by atoms with van der Waals surface area (Å²) in [5.74, 6) is 0.705. The highest BCUT2D eigenvalue weighted by Gasteiger charge is 2.28. The fraction of sp³-hybridized carbons (Fsp3) is 0.583. The Hall–Kier alpha value is -0.890. The molecule has 0 saturated carbocycles. The third-order valence-electron chi connectivity index (χ3n) is 3.39. The predicted molar refractivity (Wildman–Crippen MR) is 80.0 cm³/mol. The van der Waals surface area contributed by atoms with Crippen LogP contribution >= 0.6 is 11.6 Å². The Morgan fingerprint density at radius 3 is 2.75 bits per heavy atom. The molecule has 2 rings (SSSR count). The fourth-order valence-corrected chi connectivity index (χ4v) is 3.74. The van der Waals surface area contributed by atoms with Crippen molar-refractivity contribution >= 4 is 27.6 Å². The zero-order valence-corrected chi connectivity index (χ0v) is 12.9. The zero-order valence-electron chi connectivity index (χ0n) is 11.3. The highest BCUT2D eigenvalue weighted by atomic mass is 35.5. The van der Waals surface area contributed by atoms with E-state index in [1.165, 1.54) is 10.5 Å². The lowest BCUT2D eigenvalue weighted by Crippen LogP contribution is -2.43. The number of pyridine rings is 1. The molecule has 1 aliphatic rings. The molecule has 0 radical (unpaired) electrons. The molecule has 1 fully saturated rings. The first kappa shape index (κ1) is 15.5. The lowest BCUT2D eigenvalue weighted by Gasteiger charge is -2.31. The highest BCUT2D eigenvalue weighted by Crippen LogP contribution is 2.23. The van der Waals surface area contributed by atoms with Crippen molar-refractivity contribution in [3.63, 3.8) is 0 Å². The summed E-state index contributed by atoms with van der Waals surface area (Å²) >= 11 is 5.92. The Kier molecular flexibility index (Phi) is 5.20. The summed E-state index contributed by atoms with van der Waals surface area (Å²) in [6, 6.07) is 3.26. The first-order valence-electron chi connectivity index (χ1n) is 6.56. The Morgan fingerprint density at radius 1 is 1.45 bits per heavy atom. The summed E-state index contributed by atoms with van der Waals surface area (Å²) in [7, 11) is -1.67. The van der Waals surface area contributed by atoms with Gasteiger partial charge in [0.25, 0.3) is 0 Å². The summed E-state index contributed by atoms with van der Waals surface area (Å²) in [5, 5.41) is 3.42. The van der Waals surface area contributed by atoms with Crippen LogP contribution in [-0.4, -0.2) is 44.4 Å². The van der Waals surface area contributed by atoms with E-state index in [-0.39, 0.29) is 5.82 Å². The molecule has 0 amide bonds. The molecule has 1 aromatic rings. The maximum absolute atomic E-state index is 12.3. The van der Waals surface area contributed by atoms with Crippen LogP contribution in [0.2, 0.25) is 5.02 Å². The second kappa shape index (κ2) is 6.71. The molecule has 8 heteroatoms. The van der Waals surface area contributed by atoms with Gasteiger partial charge in [-0.2, -0.15) is 12.7 Å². The molecule has 0 bridgehead atoms. The van der Waals surface area contributed by atoms with Crippen LogP contribution in [0.15, 0.2) is 18.3 Å². The van der Waals surface area contributed by atoms with Gasteiger partial charge in [0.05, 0.1) is 5.02 Å². The van der Waals surface area contributed by atoms with Crippen LogP contribution in [0.1, 0.15) is 12.8 Å². The van der Waals surface area contributed by atoms with Crippen molar-refractivity contribution in [2.75, 3.05) is 31.4 Å². The maximum atomic E-state index is 12.3. The molecular weight excluding hydrogens is 300 g/mol.